The van der Waals surface area contributed by atoms with Crippen LogP contribution in [0.15, 0.2) is 53.9 Å². The van der Waals surface area contributed by atoms with E-state index in [4.69, 9.17) is 0 Å². The molecule has 2 aromatic rings. The zero-order chi connectivity index (χ0) is 16.1. The molecule has 120 valence electrons. The first-order valence-corrected chi connectivity index (χ1v) is 8.90. The number of nitrogens with one attached hydrogen (secondary N) is 1. The molecule has 1 aliphatic heterocycles. The molecular weight excluding hydrogens is 304 g/mol. The Kier molecular flexibility index (Phi) is 5.26. The fourth-order valence-corrected chi connectivity index (χ4v) is 3.50. The van der Waals surface area contributed by atoms with Gasteiger partial charge in [-0.05, 0) is 35.9 Å². The lowest BCUT2D eigenvalue weighted by molar-refractivity contribution is -0.125. The van der Waals surface area contributed by atoms with Crippen LogP contribution in [0.25, 0.3) is 5.57 Å². The lowest BCUT2D eigenvalue weighted by atomic mass is 9.99. The molecule has 2 heterocycles. The summed E-state index contributed by atoms with van der Waals surface area (Å²) >= 11 is 1.67. The molecule has 1 N–H and O–H groups in total. The van der Waals surface area contributed by atoms with E-state index in [1.807, 2.05) is 30.5 Å². The molecule has 3 rings (SSSR count). The Hall–Kier alpha value is -1.91. The van der Waals surface area contributed by atoms with Gasteiger partial charge in [0.15, 0.2) is 0 Å². The van der Waals surface area contributed by atoms with Gasteiger partial charge in [-0.2, -0.15) is 0 Å². The molecule has 0 fully saturated rings. The van der Waals surface area contributed by atoms with Crippen LogP contribution in [0.4, 0.5) is 0 Å². The van der Waals surface area contributed by atoms with Crippen molar-refractivity contribution in [2.24, 2.45) is 0 Å². The average Bonchev–Trinajstić information content (AvgIpc) is 3.13. The zero-order valence-electron chi connectivity index (χ0n) is 13.4. The van der Waals surface area contributed by atoms with Crippen LogP contribution >= 0.6 is 11.3 Å². The van der Waals surface area contributed by atoms with Crippen molar-refractivity contribution in [3.63, 3.8) is 0 Å². The number of nitrogens with zero attached hydrogens (tertiary/aromatic N) is 1. The molecule has 1 unspecified atom stereocenters. The van der Waals surface area contributed by atoms with Crippen LogP contribution < -0.4 is 5.32 Å². The van der Waals surface area contributed by atoms with Crippen molar-refractivity contribution in [1.29, 1.82) is 0 Å². The van der Waals surface area contributed by atoms with Gasteiger partial charge in [0.25, 0.3) is 0 Å². The van der Waals surface area contributed by atoms with Crippen molar-refractivity contribution in [3.8, 4) is 0 Å². The van der Waals surface area contributed by atoms with Gasteiger partial charge in [-0.25, -0.2) is 0 Å². The molecule has 0 saturated carbocycles. The zero-order valence-corrected chi connectivity index (χ0v) is 14.2. The minimum Gasteiger partial charge on any atom is -0.350 e. The lowest BCUT2D eigenvalue weighted by Gasteiger charge is -2.31. The van der Waals surface area contributed by atoms with Crippen LogP contribution in [-0.4, -0.2) is 29.9 Å². The Balaban J connectivity index is 1.54. The summed E-state index contributed by atoms with van der Waals surface area (Å²) in [6.07, 6.45) is 3.24. The fraction of sp³-hybridized carbons (Fsp3) is 0.316. The summed E-state index contributed by atoms with van der Waals surface area (Å²) in [5.74, 6) is 0.106. The van der Waals surface area contributed by atoms with E-state index in [1.54, 1.807) is 11.3 Å². The third-order valence-corrected chi connectivity index (χ3v) is 5.21. The maximum Gasteiger partial charge on any atom is 0.237 e. The number of rotatable bonds is 5. The summed E-state index contributed by atoms with van der Waals surface area (Å²) in [6, 6.07) is 14.5. The summed E-state index contributed by atoms with van der Waals surface area (Å²) in [6.45, 7) is 4.37. The molecule has 23 heavy (non-hydrogen) atoms. The van der Waals surface area contributed by atoms with Crippen molar-refractivity contribution >= 4 is 22.8 Å². The van der Waals surface area contributed by atoms with Crippen molar-refractivity contribution in [1.82, 2.24) is 10.2 Å². The van der Waals surface area contributed by atoms with Crippen LogP contribution in [0.1, 0.15) is 23.8 Å². The monoisotopic (exact) mass is 326 g/mol. The Morgan fingerprint density at radius 2 is 2.09 bits per heavy atom. The summed E-state index contributed by atoms with van der Waals surface area (Å²) in [4.78, 5) is 15.7. The Morgan fingerprint density at radius 3 is 2.74 bits per heavy atom. The maximum absolute atomic E-state index is 12.3. The Morgan fingerprint density at radius 1 is 1.26 bits per heavy atom. The molecule has 0 saturated heterocycles. The molecule has 4 heteroatoms. The normalized spacial score (nSPS) is 16.7. The van der Waals surface area contributed by atoms with Gasteiger partial charge in [0.2, 0.25) is 5.91 Å². The van der Waals surface area contributed by atoms with Crippen LogP contribution in [0.2, 0.25) is 0 Å². The SMILES string of the molecule is CC(C(=O)NCc1cccs1)N1CC=C(c2ccccc2)CC1. The number of carbonyl (C=O) groups is 1. The largest absolute Gasteiger partial charge is 0.350 e. The quantitative estimate of drug-likeness (QED) is 0.911. The number of carbonyl (C=O) groups excluding carboxylic acids is 1. The predicted molar refractivity (Wildman–Crippen MR) is 96.2 cm³/mol. The van der Waals surface area contributed by atoms with E-state index < -0.39 is 0 Å². The van der Waals surface area contributed by atoms with Gasteiger partial charge in [-0.1, -0.05) is 42.5 Å². The molecule has 0 radical (unpaired) electrons. The van der Waals surface area contributed by atoms with Gasteiger partial charge in [0.05, 0.1) is 12.6 Å². The molecule has 1 aliphatic rings. The first-order chi connectivity index (χ1) is 11.2. The summed E-state index contributed by atoms with van der Waals surface area (Å²) in [7, 11) is 0. The van der Waals surface area contributed by atoms with Crippen LogP contribution in [0.3, 0.4) is 0 Å². The first kappa shape index (κ1) is 16.0. The number of hydrogen-bond acceptors (Lipinski definition) is 3. The van der Waals surface area contributed by atoms with Gasteiger partial charge in [-0.3, -0.25) is 9.69 Å². The standard InChI is InChI=1S/C19H22N2OS/c1-15(19(22)20-14-18-8-5-13-23-18)21-11-9-17(10-12-21)16-6-3-2-4-7-16/h2-9,13,15H,10-12,14H2,1H3,(H,20,22). The second kappa shape index (κ2) is 7.57. The van der Waals surface area contributed by atoms with E-state index >= 15 is 0 Å². The second-order valence-electron chi connectivity index (χ2n) is 5.81. The van der Waals surface area contributed by atoms with Crippen LogP contribution in [0.5, 0.6) is 0 Å². The highest BCUT2D eigenvalue weighted by molar-refractivity contribution is 7.09. The highest BCUT2D eigenvalue weighted by Gasteiger charge is 2.23. The highest BCUT2D eigenvalue weighted by atomic mass is 32.1. The first-order valence-electron chi connectivity index (χ1n) is 8.02. The van der Waals surface area contributed by atoms with Crippen LogP contribution in [-0.2, 0) is 11.3 Å². The van der Waals surface area contributed by atoms with Gasteiger partial charge < -0.3 is 5.32 Å². The smallest absolute Gasteiger partial charge is 0.237 e. The molecule has 0 bridgehead atoms. The Labute approximate surface area is 141 Å². The Bertz CT molecular complexity index is 664. The molecule has 1 aromatic carbocycles. The molecule has 1 amide bonds. The number of benzene rings is 1. The average molecular weight is 326 g/mol. The second-order valence-corrected chi connectivity index (χ2v) is 6.85. The summed E-state index contributed by atoms with van der Waals surface area (Å²) in [5, 5.41) is 5.07. The van der Waals surface area contributed by atoms with Gasteiger partial charge in [0.1, 0.15) is 0 Å². The van der Waals surface area contributed by atoms with Crippen molar-refractivity contribution in [3.05, 3.63) is 64.4 Å². The number of hydrogen-bond donors (Lipinski definition) is 1. The number of amides is 1. The summed E-state index contributed by atoms with van der Waals surface area (Å²) in [5.41, 5.74) is 2.68. The fourth-order valence-electron chi connectivity index (χ4n) is 2.85. The van der Waals surface area contributed by atoms with Gasteiger partial charge >= 0.3 is 0 Å². The van der Waals surface area contributed by atoms with Gasteiger partial charge in [-0.15, -0.1) is 11.3 Å². The molecule has 0 aliphatic carbocycles. The van der Waals surface area contributed by atoms with Crippen molar-refractivity contribution in [2.75, 3.05) is 13.1 Å². The van der Waals surface area contributed by atoms with Crippen LogP contribution in [0, 0.1) is 0 Å². The van der Waals surface area contributed by atoms with E-state index in [0.717, 1.165) is 19.5 Å². The molecular formula is C19H22N2OS. The number of thiophene rings is 1. The molecule has 0 spiro atoms. The topological polar surface area (TPSA) is 32.3 Å². The molecule has 1 aromatic heterocycles. The van der Waals surface area contributed by atoms with E-state index in [0.29, 0.717) is 6.54 Å². The van der Waals surface area contributed by atoms with E-state index in [9.17, 15) is 4.79 Å². The summed E-state index contributed by atoms with van der Waals surface area (Å²) < 4.78 is 0. The maximum atomic E-state index is 12.3. The predicted octanol–water partition coefficient (Wildman–Crippen LogP) is 3.54. The minimum absolute atomic E-state index is 0.0939. The van der Waals surface area contributed by atoms with Crippen molar-refractivity contribution in [2.45, 2.75) is 25.9 Å². The molecule has 1 atom stereocenters. The van der Waals surface area contributed by atoms with E-state index in [1.165, 1.54) is 16.0 Å². The molecule has 3 nitrogen and oxygen atoms in total. The third kappa shape index (κ3) is 4.09. The van der Waals surface area contributed by atoms with Crippen molar-refractivity contribution < 1.29 is 4.79 Å². The van der Waals surface area contributed by atoms with Gasteiger partial charge in [0, 0.05) is 18.0 Å². The van der Waals surface area contributed by atoms with E-state index in [-0.39, 0.29) is 11.9 Å². The minimum atomic E-state index is -0.0939. The lowest BCUT2D eigenvalue weighted by Crippen LogP contribution is -2.46. The third-order valence-electron chi connectivity index (χ3n) is 4.33. The van der Waals surface area contributed by atoms with E-state index in [2.05, 4.69) is 40.6 Å². The highest BCUT2D eigenvalue weighted by Crippen LogP contribution is 2.23.